The number of anilines is 1. The zero-order chi connectivity index (χ0) is 16.2. The number of benzene rings is 1. The Hall–Kier alpha value is -1.77. The normalized spacial score (nSPS) is 12.6. The Bertz CT molecular complexity index is 549. The van der Waals surface area contributed by atoms with Gasteiger partial charge in [-0.25, -0.2) is 4.79 Å². The van der Waals surface area contributed by atoms with Crippen molar-refractivity contribution < 1.29 is 27.9 Å². The van der Waals surface area contributed by atoms with Crippen LogP contribution in [-0.2, 0) is 11.0 Å². The van der Waals surface area contributed by atoms with Gasteiger partial charge in [0.1, 0.15) is 0 Å². The largest absolute Gasteiger partial charge is 0.481 e. The average molecular weight is 369 g/mol. The van der Waals surface area contributed by atoms with E-state index in [9.17, 15) is 22.8 Å². The van der Waals surface area contributed by atoms with Crippen LogP contribution in [0.25, 0.3) is 0 Å². The molecule has 1 atom stereocenters. The molecule has 0 spiro atoms. The monoisotopic (exact) mass is 368 g/mol. The lowest BCUT2D eigenvalue weighted by molar-refractivity contribution is -0.138. The van der Waals surface area contributed by atoms with Crippen LogP contribution in [0.3, 0.4) is 0 Å². The van der Waals surface area contributed by atoms with Crippen LogP contribution in [-0.4, -0.2) is 23.1 Å². The number of carboxylic acids is 1. The molecule has 0 saturated heterocycles. The number of hydrogen-bond acceptors (Lipinski definition) is 2. The van der Waals surface area contributed by atoms with Gasteiger partial charge >= 0.3 is 18.2 Å². The second kappa shape index (κ2) is 6.79. The highest BCUT2D eigenvalue weighted by molar-refractivity contribution is 9.10. The molecule has 1 aromatic carbocycles. The summed E-state index contributed by atoms with van der Waals surface area (Å²) in [5.41, 5.74) is -1.41. The minimum absolute atomic E-state index is 0.222. The smallest absolute Gasteiger partial charge is 0.418 e. The van der Waals surface area contributed by atoms with Crippen molar-refractivity contribution in [3.8, 4) is 0 Å². The van der Waals surface area contributed by atoms with E-state index >= 15 is 0 Å². The molecule has 1 aromatic rings. The fourth-order valence-electron chi connectivity index (χ4n) is 1.56. The maximum Gasteiger partial charge on any atom is 0.418 e. The Morgan fingerprint density at radius 2 is 2.00 bits per heavy atom. The van der Waals surface area contributed by atoms with E-state index in [2.05, 4.69) is 26.6 Å². The molecule has 2 amide bonds. The number of carbonyl (C=O) groups excluding carboxylic acids is 1. The van der Waals surface area contributed by atoms with Gasteiger partial charge in [-0.3, -0.25) is 4.79 Å². The Morgan fingerprint density at radius 1 is 1.38 bits per heavy atom. The first-order chi connectivity index (χ1) is 9.59. The standard InChI is InChI=1S/C12H12BrF3N2O3/c1-6(4-10(19)20)17-11(21)18-9-3-2-7(13)5-8(9)12(14,15)16/h2-3,5-6H,4H2,1H3,(H,19,20)(H2,17,18,21). The van der Waals surface area contributed by atoms with Gasteiger partial charge in [0.05, 0.1) is 17.7 Å². The molecule has 0 fully saturated rings. The molecule has 0 bridgehead atoms. The van der Waals surface area contributed by atoms with Crippen LogP contribution in [0.15, 0.2) is 22.7 Å². The van der Waals surface area contributed by atoms with Crippen molar-refractivity contribution >= 4 is 33.6 Å². The van der Waals surface area contributed by atoms with E-state index in [0.29, 0.717) is 0 Å². The van der Waals surface area contributed by atoms with Gasteiger partial charge in [-0.1, -0.05) is 15.9 Å². The number of rotatable bonds is 4. The van der Waals surface area contributed by atoms with Gasteiger partial charge in [0.25, 0.3) is 0 Å². The first-order valence-corrected chi connectivity index (χ1v) is 6.55. The number of carboxylic acid groups (broad SMARTS) is 1. The fraction of sp³-hybridized carbons (Fsp3) is 0.333. The van der Waals surface area contributed by atoms with Crippen LogP contribution in [0.4, 0.5) is 23.7 Å². The molecule has 3 N–H and O–H groups in total. The number of hydrogen-bond donors (Lipinski definition) is 3. The molecule has 0 aliphatic rings. The predicted molar refractivity (Wildman–Crippen MR) is 73.0 cm³/mol. The minimum Gasteiger partial charge on any atom is -0.481 e. The summed E-state index contributed by atoms with van der Waals surface area (Å²) in [6.07, 6.45) is -4.96. The number of urea groups is 1. The van der Waals surface area contributed by atoms with E-state index in [-0.39, 0.29) is 10.9 Å². The molecule has 0 aromatic heterocycles. The molecule has 0 aliphatic carbocycles. The molecule has 1 rings (SSSR count). The van der Waals surface area contributed by atoms with E-state index in [4.69, 9.17) is 5.11 Å². The first-order valence-electron chi connectivity index (χ1n) is 5.75. The SMILES string of the molecule is CC(CC(=O)O)NC(=O)Nc1ccc(Br)cc1C(F)(F)F. The van der Waals surface area contributed by atoms with Crippen molar-refractivity contribution in [1.82, 2.24) is 5.32 Å². The molecule has 0 saturated carbocycles. The van der Waals surface area contributed by atoms with E-state index in [1.807, 2.05) is 0 Å². The van der Waals surface area contributed by atoms with Gasteiger partial charge in [0, 0.05) is 10.5 Å². The summed E-state index contributed by atoms with van der Waals surface area (Å²) in [5, 5.41) is 12.8. The Labute approximate surface area is 126 Å². The predicted octanol–water partition coefficient (Wildman–Crippen LogP) is 3.45. The minimum atomic E-state index is -4.63. The van der Waals surface area contributed by atoms with E-state index < -0.39 is 35.5 Å². The van der Waals surface area contributed by atoms with Gasteiger partial charge in [0.2, 0.25) is 0 Å². The zero-order valence-corrected chi connectivity index (χ0v) is 12.4. The molecule has 21 heavy (non-hydrogen) atoms. The van der Waals surface area contributed by atoms with Crippen molar-refractivity contribution in [2.75, 3.05) is 5.32 Å². The van der Waals surface area contributed by atoms with E-state index in [1.165, 1.54) is 13.0 Å². The molecule has 0 heterocycles. The van der Waals surface area contributed by atoms with Gasteiger partial charge < -0.3 is 15.7 Å². The maximum absolute atomic E-state index is 12.8. The van der Waals surface area contributed by atoms with Crippen LogP contribution in [0.5, 0.6) is 0 Å². The second-order valence-electron chi connectivity index (χ2n) is 4.29. The van der Waals surface area contributed by atoms with Crippen LogP contribution in [0.2, 0.25) is 0 Å². The number of amides is 2. The van der Waals surface area contributed by atoms with E-state index in [1.54, 1.807) is 0 Å². The fourth-order valence-corrected chi connectivity index (χ4v) is 1.92. The van der Waals surface area contributed by atoms with Gasteiger partial charge in [-0.2, -0.15) is 13.2 Å². The summed E-state index contributed by atoms with van der Waals surface area (Å²) in [6.45, 7) is 1.43. The lowest BCUT2D eigenvalue weighted by Crippen LogP contribution is -2.37. The Morgan fingerprint density at radius 3 is 2.52 bits per heavy atom. The molecule has 1 unspecified atom stereocenters. The van der Waals surface area contributed by atoms with E-state index in [0.717, 1.165) is 12.1 Å². The third-order valence-electron chi connectivity index (χ3n) is 2.39. The summed E-state index contributed by atoms with van der Waals surface area (Å²) in [5.74, 6) is -1.12. The summed E-state index contributed by atoms with van der Waals surface area (Å²) in [7, 11) is 0. The number of alkyl halides is 3. The number of carbonyl (C=O) groups is 2. The van der Waals surface area contributed by atoms with Crippen LogP contribution in [0.1, 0.15) is 18.9 Å². The Balaban J connectivity index is 2.83. The summed E-state index contributed by atoms with van der Waals surface area (Å²) < 4.78 is 38.8. The maximum atomic E-state index is 12.8. The topological polar surface area (TPSA) is 78.4 Å². The average Bonchev–Trinajstić information content (AvgIpc) is 2.28. The van der Waals surface area contributed by atoms with Crippen LogP contribution >= 0.6 is 15.9 Å². The molecular formula is C12H12BrF3N2O3. The highest BCUT2D eigenvalue weighted by Gasteiger charge is 2.34. The number of nitrogens with one attached hydrogen (secondary N) is 2. The molecule has 5 nitrogen and oxygen atoms in total. The third kappa shape index (κ3) is 5.62. The highest BCUT2D eigenvalue weighted by Crippen LogP contribution is 2.36. The summed E-state index contributed by atoms with van der Waals surface area (Å²) in [4.78, 5) is 22.0. The van der Waals surface area contributed by atoms with Gasteiger partial charge in [-0.15, -0.1) is 0 Å². The summed E-state index contributed by atoms with van der Waals surface area (Å²) >= 11 is 2.93. The number of halogens is 4. The quantitative estimate of drug-likeness (QED) is 0.761. The highest BCUT2D eigenvalue weighted by atomic mass is 79.9. The first kappa shape index (κ1) is 17.3. The summed E-state index contributed by atoms with van der Waals surface area (Å²) in [6, 6.07) is 1.68. The molecular weight excluding hydrogens is 357 g/mol. The molecule has 9 heteroatoms. The molecule has 0 radical (unpaired) electrons. The lowest BCUT2D eigenvalue weighted by Gasteiger charge is -2.16. The van der Waals surface area contributed by atoms with Crippen molar-refractivity contribution in [2.45, 2.75) is 25.6 Å². The van der Waals surface area contributed by atoms with Crippen molar-refractivity contribution in [1.29, 1.82) is 0 Å². The van der Waals surface area contributed by atoms with Crippen molar-refractivity contribution in [3.63, 3.8) is 0 Å². The zero-order valence-electron chi connectivity index (χ0n) is 10.8. The molecule has 0 aliphatic heterocycles. The van der Waals surface area contributed by atoms with Crippen LogP contribution in [0, 0.1) is 0 Å². The lowest BCUT2D eigenvalue weighted by atomic mass is 10.1. The number of aliphatic carboxylic acids is 1. The van der Waals surface area contributed by atoms with Gasteiger partial charge in [-0.05, 0) is 25.1 Å². The third-order valence-corrected chi connectivity index (χ3v) is 2.89. The second-order valence-corrected chi connectivity index (χ2v) is 5.20. The van der Waals surface area contributed by atoms with Crippen LogP contribution < -0.4 is 10.6 Å². The Kier molecular flexibility index (Phi) is 5.59. The van der Waals surface area contributed by atoms with Crippen molar-refractivity contribution in [2.24, 2.45) is 0 Å². The molecule has 116 valence electrons. The van der Waals surface area contributed by atoms with Gasteiger partial charge in [0.15, 0.2) is 0 Å². The van der Waals surface area contributed by atoms with Crippen molar-refractivity contribution in [3.05, 3.63) is 28.2 Å².